The van der Waals surface area contributed by atoms with Gasteiger partial charge in [0.05, 0.1) is 13.1 Å². The zero-order valence-corrected chi connectivity index (χ0v) is 17.9. The van der Waals surface area contributed by atoms with Gasteiger partial charge in [0.25, 0.3) is 5.91 Å². The summed E-state index contributed by atoms with van der Waals surface area (Å²) in [5.41, 5.74) is 2.54. The van der Waals surface area contributed by atoms with Crippen LogP contribution in [0.5, 0.6) is 0 Å². The summed E-state index contributed by atoms with van der Waals surface area (Å²) in [4.78, 5) is 26.9. The van der Waals surface area contributed by atoms with Crippen molar-refractivity contribution in [2.75, 3.05) is 23.7 Å². The smallest absolute Gasteiger partial charge is 0.286 e. The van der Waals surface area contributed by atoms with Gasteiger partial charge in [-0.2, -0.15) is 0 Å². The van der Waals surface area contributed by atoms with E-state index in [1.165, 1.54) is 11.3 Å². The van der Waals surface area contributed by atoms with Crippen molar-refractivity contribution in [2.24, 2.45) is 0 Å². The lowest BCUT2D eigenvalue weighted by molar-refractivity contribution is -0.117. The Morgan fingerprint density at radius 3 is 2.47 bits per heavy atom. The minimum atomic E-state index is -0.288. The SMILES string of the molecule is CCCN(CC(=O)Nc1ccccc1C)Cc1nnc(C(=O)Nc2ccccc2)s1. The molecule has 0 aliphatic heterocycles. The van der Waals surface area contributed by atoms with E-state index in [1.807, 2.05) is 66.4 Å². The Bertz CT molecular complexity index is 990. The number of carbonyl (C=O) groups excluding carboxylic acids is 2. The molecule has 30 heavy (non-hydrogen) atoms. The van der Waals surface area contributed by atoms with Gasteiger partial charge in [0.15, 0.2) is 0 Å². The van der Waals surface area contributed by atoms with Crippen LogP contribution in [0.3, 0.4) is 0 Å². The topological polar surface area (TPSA) is 87.2 Å². The number of amides is 2. The van der Waals surface area contributed by atoms with Gasteiger partial charge in [-0.25, -0.2) is 0 Å². The number of benzene rings is 2. The molecule has 0 saturated carbocycles. The van der Waals surface area contributed by atoms with Crippen LogP contribution in [0.25, 0.3) is 0 Å². The second-order valence-electron chi connectivity index (χ2n) is 6.89. The Labute approximate surface area is 180 Å². The maximum Gasteiger partial charge on any atom is 0.286 e. The minimum Gasteiger partial charge on any atom is -0.325 e. The summed E-state index contributed by atoms with van der Waals surface area (Å²) >= 11 is 1.24. The second-order valence-corrected chi connectivity index (χ2v) is 7.96. The van der Waals surface area contributed by atoms with Crippen molar-refractivity contribution in [3.8, 4) is 0 Å². The first-order valence-corrected chi connectivity index (χ1v) is 10.6. The van der Waals surface area contributed by atoms with Crippen LogP contribution in [0, 0.1) is 6.92 Å². The maximum atomic E-state index is 12.5. The maximum absolute atomic E-state index is 12.5. The molecular formula is C22H25N5O2S. The number of para-hydroxylation sites is 2. The van der Waals surface area contributed by atoms with Crippen LogP contribution in [0.15, 0.2) is 54.6 Å². The van der Waals surface area contributed by atoms with E-state index in [9.17, 15) is 9.59 Å². The van der Waals surface area contributed by atoms with Gasteiger partial charge < -0.3 is 10.6 Å². The van der Waals surface area contributed by atoms with E-state index in [2.05, 4.69) is 27.8 Å². The molecule has 7 nitrogen and oxygen atoms in total. The summed E-state index contributed by atoms with van der Waals surface area (Å²) in [5, 5.41) is 14.9. The number of hydrogen-bond acceptors (Lipinski definition) is 6. The highest BCUT2D eigenvalue weighted by molar-refractivity contribution is 7.13. The fourth-order valence-corrected chi connectivity index (χ4v) is 3.72. The van der Waals surface area contributed by atoms with Crippen molar-refractivity contribution >= 4 is 34.5 Å². The van der Waals surface area contributed by atoms with Gasteiger partial charge in [-0.15, -0.1) is 10.2 Å². The summed E-state index contributed by atoms with van der Waals surface area (Å²) in [7, 11) is 0. The molecule has 1 heterocycles. The van der Waals surface area contributed by atoms with Crippen LogP contribution in [-0.4, -0.2) is 40.0 Å². The zero-order valence-electron chi connectivity index (χ0n) is 17.1. The molecule has 0 radical (unpaired) electrons. The number of nitrogens with one attached hydrogen (secondary N) is 2. The van der Waals surface area contributed by atoms with Crippen molar-refractivity contribution in [1.82, 2.24) is 15.1 Å². The van der Waals surface area contributed by atoms with Crippen LogP contribution in [0.4, 0.5) is 11.4 Å². The molecule has 0 saturated heterocycles. The highest BCUT2D eigenvalue weighted by atomic mass is 32.1. The lowest BCUT2D eigenvalue weighted by atomic mass is 10.2. The Morgan fingerprint density at radius 2 is 1.73 bits per heavy atom. The van der Waals surface area contributed by atoms with E-state index in [0.717, 1.165) is 24.2 Å². The molecule has 3 aromatic rings. The average Bonchev–Trinajstić information content (AvgIpc) is 3.19. The summed E-state index contributed by atoms with van der Waals surface area (Å²) in [6, 6.07) is 16.9. The van der Waals surface area contributed by atoms with E-state index in [-0.39, 0.29) is 18.4 Å². The normalized spacial score (nSPS) is 10.8. The number of aryl methyl sites for hydroxylation is 1. The third-order valence-electron chi connectivity index (χ3n) is 4.38. The van der Waals surface area contributed by atoms with Gasteiger partial charge >= 0.3 is 0 Å². The van der Waals surface area contributed by atoms with Crippen LogP contribution in [-0.2, 0) is 11.3 Å². The lowest BCUT2D eigenvalue weighted by Crippen LogP contribution is -2.33. The predicted molar refractivity (Wildman–Crippen MR) is 120 cm³/mol. The second kappa shape index (κ2) is 10.6. The Morgan fingerprint density at radius 1 is 1.00 bits per heavy atom. The molecule has 0 aliphatic carbocycles. The molecule has 156 valence electrons. The summed E-state index contributed by atoms with van der Waals surface area (Å²) < 4.78 is 0. The standard InChI is InChI=1S/C22H25N5O2S/c1-3-13-27(14-19(28)24-18-12-8-7-9-16(18)2)15-20-25-26-22(30-20)21(29)23-17-10-5-4-6-11-17/h4-12H,3,13-15H2,1-2H3,(H,23,29)(H,24,28). The van der Waals surface area contributed by atoms with Crippen LogP contribution in [0.1, 0.15) is 33.7 Å². The zero-order chi connectivity index (χ0) is 21.3. The minimum absolute atomic E-state index is 0.0793. The lowest BCUT2D eigenvalue weighted by Gasteiger charge is -2.20. The molecule has 1 aromatic heterocycles. The summed E-state index contributed by atoms with van der Waals surface area (Å²) in [6.07, 6.45) is 0.901. The average molecular weight is 424 g/mol. The fourth-order valence-electron chi connectivity index (χ4n) is 2.94. The Kier molecular flexibility index (Phi) is 7.64. The molecule has 2 amide bonds. The molecule has 0 unspecified atom stereocenters. The van der Waals surface area contributed by atoms with Gasteiger partial charge in [-0.05, 0) is 43.7 Å². The molecule has 2 N–H and O–H groups in total. The quantitative estimate of drug-likeness (QED) is 0.544. The van der Waals surface area contributed by atoms with Crippen molar-refractivity contribution in [3.05, 3.63) is 70.2 Å². The number of carbonyl (C=O) groups is 2. The van der Waals surface area contributed by atoms with Crippen molar-refractivity contribution < 1.29 is 9.59 Å². The molecule has 0 aliphatic rings. The van der Waals surface area contributed by atoms with E-state index in [4.69, 9.17) is 0 Å². The van der Waals surface area contributed by atoms with Crippen molar-refractivity contribution in [3.63, 3.8) is 0 Å². The third-order valence-corrected chi connectivity index (χ3v) is 5.28. The molecular weight excluding hydrogens is 398 g/mol. The first kappa shape index (κ1) is 21.6. The van der Waals surface area contributed by atoms with E-state index in [0.29, 0.717) is 22.2 Å². The number of anilines is 2. The van der Waals surface area contributed by atoms with Crippen molar-refractivity contribution in [1.29, 1.82) is 0 Å². The summed E-state index contributed by atoms with van der Waals surface area (Å²) in [5.74, 6) is -0.367. The largest absolute Gasteiger partial charge is 0.325 e. The molecule has 8 heteroatoms. The molecule has 0 bridgehead atoms. The van der Waals surface area contributed by atoms with Crippen LogP contribution < -0.4 is 10.6 Å². The predicted octanol–water partition coefficient (Wildman–Crippen LogP) is 3.95. The number of nitrogens with zero attached hydrogens (tertiary/aromatic N) is 3. The monoisotopic (exact) mass is 423 g/mol. The third kappa shape index (κ3) is 6.20. The fraction of sp³-hybridized carbons (Fsp3) is 0.273. The highest BCUT2D eigenvalue weighted by Gasteiger charge is 2.17. The number of rotatable bonds is 9. The van der Waals surface area contributed by atoms with Crippen LogP contribution in [0.2, 0.25) is 0 Å². The van der Waals surface area contributed by atoms with Crippen LogP contribution >= 0.6 is 11.3 Å². The molecule has 3 rings (SSSR count). The van der Waals surface area contributed by atoms with E-state index >= 15 is 0 Å². The van der Waals surface area contributed by atoms with Gasteiger partial charge in [0.2, 0.25) is 10.9 Å². The molecule has 2 aromatic carbocycles. The Balaban J connectivity index is 1.59. The van der Waals surface area contributed by atoms with Gasteiger partial charge in [0.1, 0.15) is 5.01 Å². The first-order chi connectivity index (χ1) is 14.5. The number of aromatic nitrogens is 2. The van der Waals surface area contributed by atoms with Gasteiger partial charge in [0, 0.05) is 11.4 Å². The summed E-state index contributed by atoms with van der Waals surface area (Å²) in [6.45, 7) is 5.47. The molecule has 0 atom stereocenters. The molecule has 0 spiro atoms. The van der Waals surface area contributed by atoms with Crippen molar-refractivity contribution in [2.45, 2.75) is 26.8 Å². The molecule has 0 fully saturated rings. The van der Waals surface area contributed by atoms with Gasteiger partial charge in [-0.1, -0.05) is 54.7 Å². The van der Waals surface area contributed by atoms with E-state index in [1.54, 1.807) is 0 Å². The number of hydrogen-bond donors (Lipinski definition) is 2. The highest BCUT2D eigenvalue weighted by Crippen LogP contribution is 2.16. The van der Waals surface area contributed by atoms with Gasteiger partial charge in [-0.3, -0.25) is 14.5 Å². The van der Waals surface area contributed by atoms with E-state index < -0.39 is 0 Å². The first-order valence-electron chi connectivity index (χ1n) is 9.81. The Hall–Kier alpha value is -3.10.